The van der Waals surface area contributed by atoms with Crippen LogP contribution >= 0.6 is 0 Å². The van der Waals surface area contributed by atoms with Crippen molar-refractivity contribution in [2.24, 2.45) is 0 Å². The standard InChI is InChI=1S/C9H12.BrH.Mg/c1-2-6-9-7-4-3-5-8-9;;/h3-5,7-8H,2,6H2,1H3;1H;/q;;+2/p-1. The zero-order valence-corrected chi connectivity index (χ0v) is 9.89. The van der Waals surface area contributed by atoms with Crippen LogP contribution in [0.1, 0.15) is 18.9 Å². The van der Waals surface area contributed by atoms with Crippen LogP contribution < -0.4 is 17.0 Å². The molecule has 0 amide bonds. The third kappa shape index (κ3) is 5.71. The largest absolute Gasteiger partial charge is 2.00 e. The zero-order valence-electron chi connectivity index (χ0n) is 6.89. The molecule has 11 heavy (non-hydrogen) atoms. The molecular weight excluding hydrogens is 212 g/mol. The molecule has 0 aromatic heterocycles. The van der Waals surface area contributed by atoms with Crippen molar-refractivity contribution in [1.29, 1.82) is 0 Å². The monoisotopic (exact) mass is 223 g/mol. The SMILES string of the molecule is CCCc1ccccc1.[Br-].[Mg+2]. The number of hydrogen-bond donors (Lipinski definition) is 0. The third-order valence-electron chi connectivity index (χ3n) is 1.38. The summed E-state index contributed by atoms with van der Waals surface area (Å²) in [4.78, 5) is 0. The molecule has 1 rings (SSSR count). The molecule has 0 fully saturated rings. The molecule has 0 atom stereocenters. The van der Waals surface area contributed by atoms with E-state index in [0.29, 0.717) is 0 Å². The van der Waals surface area contributed by atoms with E-state index in [1.54, 1.807) is 0 Å². The molecule has 0 saturated heterocycles. The van der Waals surface area contributed by atoms with Gasteiger partial charge in [0.1, 0.15) is 0 Å². The molecule has 0 spiro atoms. The first-order chi connectivity index (χ1) is 4.43. The molecule has 2 heteroatoms. The van der Waals surface area contributed by atoms with Gasteiger partial charge in [-0.25, -0.2) is 0 Å². The molecule has 0 N–H and O–H groups in total. The molecule has 1 aromatic carbocycles. The molecule has 0 radical (unpaired) electrons. The Morgan fingerprint density at radius 3 is 2.09 bits per heavy atom. The van der Waals surface area contributed by atoms with Crippen molar-refractivity contribution in [3.63, 3.8) is 0 Å². The molecule has 0 aliphatic rings. The van der Waals surface area contributed by atoms with Crippen molar-refractivity contribution < 1.29 is 17.0 Å². The van der Waals surface area contributed by atoms with Crippen molar-refractivity contribution in [2.75, 3.05) is 0 Å². The van der Waals surface area contributed by atoms with E-state index in [1.165, 1.54) is 18.4 Å². The second kappa shape index (κ2) is 8.56. The Kier molecular flexibility index (Phi) is 10.9. The van der Waals surface area contributed by atoms with E-state index < -0.39 is 0 Å². The van der Waals surface area contributed by atoms with Gasteiger partial charge >= 0.3 is 23.1 Å². The molecule has 0 heterocycles. The van der Waals surface area contributed by atoms with E-state index in [0.717, 1.165) is 0 Å². The number of aryl methyl sites for hydroxylation is 1. The van der Waals surface area contributed by atoms with E-state index in [1.807, 2.05) is 0 Å². The van der Waals surface area contributed by atoms with E-state index in [-0.39, 0.29) is 40.0 Å². The van der Waals surface area contributed by atoms with Crippen LogP contribution in [0, 0.1) is 0 Å². The van der Waals surface area contributed by atoms with E-state index in [4.69, 9.17) is 0 Å². The minimum atomic E-state index is 0. The normalized spacial score (nSPS) is 7.73. The second-order valence-electron chi connectivity index (χ2n) is 2.24. The number of halogens is 1. The Hall–Kier alpha value is 0.466. The van der Waals surface area contributed by atoms with Crippen molar-refractivity contribution in [3.8, 4) is 0 Å². The number of benzene rings is 1. The predicted molar refractivity (Wildman–Crippen MR) is 46.2 cm³/mol. The first-order valence-corrected chi connectivity index (χ1v) is 3.47. The fraction of sp³-hybridized carbons (Fsp3) is 0.333. The maximum Gasteiger partial charge on any atom is 2.00 e. The van der Waals surface area contributed by atoms with Crippen LogP contribution in [0.15, 0.2) is 30.3 Å². The summed E-state index contributed by atoms with van der Waals surface area (Å²) in [5.74, 6) is 0. The molecular formula is C9H12BrMg+. The predicted octanol–water partition coefficient (Wildman–Crippen LogP) is -0.738. The Labute approximate surface area is 95.3 Å². The zero-order chi connectivity index (χ0) is 6.53. The summed E-state index contributed by atoms with van der Waals surface area (Å²) < 4.78 is 0. The van der Waals surface area contributed by atoms with Crippen molar-refractivity contribution in [3.05, 3.63) is 35.9 Å². The summed E-state index contributed by atoms with van der Waals surface area (Å²) in [6, 6.07) is 10.6. The summed E-state index contributed by atoms with van der Waals surface area (Å²) in [6.45, 7) is 2.20. The molecule has 0 bridgehead atoms. The van der Waals surface area contributed by atoms with Crippen LogP contribution in [0.3, 0.4) is 0 Å². The van der Waals surface area contributed by atoms with Gasteiger partial charge in [-0.1, -0.05) is 43.7 Å². The Bertz CT molecular complexity index is 162. The van der Waals surface area contributed by atoms with Crippen LogP contribution in [0.4, 0.5) is 0 Å². The van der Waals surface area contributed by atoms with Gasteiger partial charge in [-0.2, -0.15) is 0 Å². The average Bonchev–Trinajstić information content (AvgIpc) is 1.91. The van der Waals surface area contributed by atoms with Gasteiger partial charge in [0, 0.05) is 0 Å². The summed E-state index contributed by atoms with van der Waals surface area (Å²) in [7, 11) is 0. The number of rotatable bonds is 2. The Morgan fingerprint density at radius 1 is 1.09 bits per heavy atom. The van der Waals surface area contributed by atoms with Gasteiger partial charge in [0.15, 0.2) is 0 Å². The van der Waals surface area contributed by atoms with Gasteiger partial charge in [-0.3, -0.25) is 0 Å². The molecule has 0 unspecified atom stereocenters. The minimum Gasteiger partial charge on any atom is -1.00 e. The van der Waals surface area contributed by atoms with Crippen LogP contribution in [0.25, 0.3) is 0 Å². The molecule has 56 valence electrons. The molecule has 1 aromatic rings. The summed E-state index contributed by atoms with van der Waals surface area (Å²) in [5, 5.41) is 0. The van der Waals surface area contributed by atoms with Gasteiger partial charge in [0.2, 0.25) is 0 Å². The maximum atomic E-state index is 2.20. The molecule has 0 aliphatic carbocycles. The average molecular weight is 224 g/mol. The van der Waals surface area contributed by atoms with E-state index in [9.17, 15) is 0 Å². The van der Waals surface area contributed by atoms with E-state index >= 15 is 0 Å². The first kappa shape index (κ1) is 14.0. The van der Waals surface area contributed by atoms with Crippen LogP contribution in [-0.2, 0) is 6.42 Å². The minimum absolute atomic E-state index is 0. The van der Waals surface area contributed by atoms with Gasteiger partial charge < -0.3 is 17.0 Å². The number of hydrogen-bond acceptors (Lipinski definition) is 0. The fourth-order valence-corrected chi connectivity index (χ4v) is 0.933. The van der Waals surface area contributed by atoms with Gasteiger partial charge in [-0.05, 0) is 12.0 Å². The first-order valence-electron chi connectivity index (χ1n) is 3.47. The molecule has 0 aliphatic heterocycles. The summed E-state index contributed by atoms with van der Waals surface area (Å²) >= 11 is 0. The quantitative estimate of drug-likeness (QED) is 0.581. The van der Waals surface area contributed by atoms with Gasteiger partial charge in [0.25, 0.3) is 0 Å². The van der Waals surface area contributed by atoms with Crippen LogP contribution in [0.5, 0.6) is 0 Å². The van der Waals surface area contributed by atoms with Crippen LogP contribution in [-0.4, -0.2) is 23.1 Å². The van der Waals surface area contributed by atoms with Crippen molar-refractivity contribution in [2.45, 2.75) is 19.8 Å². The Balaban J connectivity index is 0. The maximum absolute atomic E-state index is 2.20. The van der Waals surface area contributed by atoms with Crippen molar-refractivity contribution in [1.82, 2.24) is 0 Å². The molecule has 0 saturated carbocycles. The summed E-state index contributed by atoms with van der Waals surface area (Å²) in [6.07, 6.45) is 2.45. The third-order valence-corrected chi connectivity index (χ3v) is 1.38. The van der Waals surface area contributed by atoms with Crippen molar-refractivity contribution >= 4 is 23.1 Å². The van der Waals surface area contributed by atoms with Gasteiger partial charge in [0.05, 0.1) is 0 Å². The van der Waals surface area contributed by atoms with Gasteiger partial charge in [-0.15, -0.1) is 0 Å². The molecule has 0 nitrogen and oxygen atoms in total. The second-order valence-corrected chi connectivity index (χ2v) is 2.24. The fourth-order valence-electron chi connectivity index (χ4n) is 0.933. The van der Waals surface area contributed by atoms with Crippen LogP contribution in [0.2, 0.25) is 0 Å². The topological polar surface area (TPSA) is 0 Å². The van der Waals surface area contributed by atoms with E-state index in [2.05, 4.69) is 37.3 Å². The Morgan fingerprint density at radius 2 is 1.64 bits per heavy atom. The smallest absolute Gasteiger partial charge is 1.00 e. The summed E-state index contributed by atoms with van der Waals surface area (Å²) in [5.41, 5.74) is 1.44.